The highest BCUT2D eigenvalue weighted by molar-refractivity contribution is 6.19. The molecule has 0 aromatic heterocycles. The number of carbonyl (C=O) groups is 1. The third kappa shape index (κ3) is 4.78. The fourth-order valence-electron chi connectivity index (χ4n) is 3.67. The van der Waals surface area contributed by atoms with Gasteiger partial charge in [0.2, 0.25) is 0 Å². The van der Waals surface area contributed by atoms with Gasteiger partial charge in [0.05, 0.1) is 24.9 Å². The molecule has 4 rings (SSSR count). The Morgan fingerprint density at radius 1 is 1.00 bits per heavy atom. The Kier molecular flexibility index (Phi) is 6.34. The summed E-state index contributed by atoms with van der Waals surface area (Å²) in [4.78, 5) is 17.7. The number of aliphatic hydroxyl groups is 1. The Morgan fingerprint density at radius 3 is 2.48 bits per heavy atom. The number of rotatable bonds is 7. The highest BCUT2D eigenvalue weighted by Crippen LogP contribution is 2.23. The molecule has 0 spiro atoms. The SMILES string of the molecule is O=C(N[C@@H](CO)Cc1ccccc1F)c1ccccc1C1=NCC(c2ccccc2)=C1. The Labute approximate surface area is 180 Å². The second-order valence-electron chi connectivity index (χ2n) is 7.43. The van der Waals surface area contributed by atoms with Crippen LogP contribution >= 0.6 is 0 Å². The van der Waals surface area contributed by atoms with Crippen LogP contribution in [0, 0.1) is 5.82 Å². The van der Waals surface area contributed by atoms with Gasteiger partial charge in [0.1, 0.15) is 5.82 Å². The monoisotopic (exact) mass is 414 g/mol. The zero-order valence-corrected chi connectivity index (χ0v) is 17.0. The molecule has 1 atom stereocenters. The maximum absolute atomic E-state index is 14.0. The van der Waals surface area contributed by atoms with E-state index < -0.39 is 6.04 Å². The van der Waals surface area contributed by atoms with Crippen LogP contribution in [0.15, 0.2) is 89.9 Å². The number of nitrogens with zero attached hydrogens (tertiary/aromatic N) is 1. The number of amides is 1. The number of nitrogens with one attached hydrogen (secondary N) is 1. The van der Waals surface area contributed by atoms with E-state index in [2.05, 4.69) is 10.3 Å². The second kappa shape index (κ2) is 9.49. The molecule has 1 aliphatic rings. The topological polar surface area (TPSA) is 61.7 Å². The van der Waals surface area contributed by atoms with Crippen molar-refractivity contribution in [2.45, 2.75) is 12.5 Å². The van der Waals surface area contributed by atoms with Crippen molar-refractivity contribution in [3.63, 3.8) is 0 Å². The molecule has 0 unspecified atom stereocenters. The summed E-state index contributed by atoms with van der Waals surface area (Å²) in [6.45, 7) is 0.267. The largest absolute Gasteiger partial charge is 0.394 e. The normalized spacial score (nSPS) is 14.0. The van der Waals surface area contributed by atoms with Gasteiger partial charge in [0.15, 0.2) is 0 Å². The van der Waals surface area contributed by atoms with E-state index in [1.807, 2.05) is 48.5 Å². The molecule has 0 saturated heterocycles. The van der Waals surface area contributed by atoms with E-state index >= 15 is 0 Å². The molecular formula is C26H23FN2O2. The van der Waals surface area contributed by atoms with Crippen LogP contribution in [-0.4, -0.2) is 35.9 Å². The van der Waals surface area contributed by atoms with E-state index in [0.29, 0.717) is 17.7 Å². The maximum atomic E-state index is 14.0. The van der Waals surface area contributed by atoms with E-state index in [-0.39, 0.29) is 24.8 Å². The lowest BCUT2D eigenvalue weighted by molar-refractivity contribution is 0.0916. The molecule has 1 heterocycles. The van der Waals surface area contributed by atoms with Gasteiger partial charge in [-0.15, -0.1) is 0 Å². The number of hydrogen-bond donors (Lipinski definition) is 2. The summed E-state index contributed by atoms with van der Waals surface area (Å²) in [5.41, 5.74) is 4.60. The van der Waals surface area contributed by atoms with Gasteiger partial charge in [-0.1, -0.05) is 66.7 Å². The molecule has 3 aromatic rings. The van der Waals surface area contributed by atoms with Gasteiger partial charge in [-0.2, -0.15) is 0 Å². The molecule has 156 valence electrons. The van der Waals surface area contributed by atoms with Gasteiger partial charge < -0.3 is 10.4 Å². The Bertz CT molecular complexity index is 1140. The van der Waals surface area contributed by atoms with Gasteiger partial charge >= 0.3 is 0 Å². The van der Waals surface area contributed by atoms with Crippen LogP contribution in [0.4, 0.5) is 4.39 Å². The summed E-state index contributed by atoms with van der Waals surface area (Å²) in [6, 6.07) is 23.1. The molecule has 0 radical (unpaired) electrons. The molecule has 0 fully saturated rings. The van der Waals surface area contributed by atoms with Crippen molar-refractivity contribution in [1.29, 1.82) is 0 Å². The molecule has 1 amide bonds. The van der Waals surface area contributed by atoms with Crippen LogP contribution in [0.3, 0.4) is 0 Å². The molecule has 31 heavy (non-hydrogen) atoms. The highest BCUT2D eigenvalue weighted by Gasteiger charge is 2.20. The minimum atomic E-state index is -0.599. The van der Waals surface area contributed by atoms with E-state index in [4.69, 9.17) is 0 Å². The third-order valence-electron chi connectivity index (χ3n) is 5.30. The smallest absolute Gasteiger partial charge is 0.252 e. The van der Waals surface area contributed by atoms with Crippen molar-refractivity contribution in [2.24, 2.45) is 4.99 Å². The predicted octanol–water partition coefficient (Wildman–Crippen LogP) is 4.05. The Hall–Kier alpha value is -3.57. The maximum Gasteiger partial charge on any atom is 0.252 e. The molecular weight excluding hydrogens is 391 g/mol. The van der Waals surface area contributed by atoms with Crippen LogP contribution in [0.5, 0.6) is 0 Å². The van der Waals surface area contributed by atoms with E-state index in [1.54, 1.807) is 30.3 Å². The molecule has 2 N–H and O–H groups in total. The number of halogens is 1. The van der Waals surface area contributed by atoms with Gasteiger partial charge in [0, 0.05) is 11.1 Å². The highest BCUT2D eigenvalue weighted by atomic mass is 19.1. The van der Waals surface area contributed by atoms with Crippen molar-refractivity contribution in [2.75, 3.05) is 13.2 Å². The third-order valence-corrected chi connectivity index (χ3v) is 5.30. The van der Waals surface area contributed by atoms with E-state index in [9.17, 15) is 14.3 Å². The van der Waals surface area contributed by atoms with Gasteiger partial charge in [-0.3, -0.25) is 9.79 Å². The summed E-state index contributed by atoms with van der Waals surface area (Å²) >= 11 is 0. The van der Waals surface area contributed by atoms with E-state index in [1.165, 1.54) is 6.07 Å². The van der Waals surface area contributed by atoms with Crippen molar-refractivity contribution < 1.29 is 14.3 Å². The van der Waals surface area contributed by atoms with Crippen molar-refractivity contribution in [3.8, 4) is 0 Å². The number of carbonyl (C=O) groups excluding carboxylic acids is 1. The summed E-state index contributed by atoms with van der Waals surface area (Å²) < 4.78 is 14.0. The molecule has 3 aromatic carbocycles. The van der Waals surface area contributed by atoms with Crippen LogP contribution in [0.1, 0.15) is 27.0 Å². The van der Waals surface area contributed by atoms with Crippen LogP contribution < -0.4 is 5.32 Å². The summed E-state index contributed by atoms with van der Waals surface area (Å²) in [5.74, 6) is -0.676. The Morgan fingerprint density at radius 2 is 1.71 bits per heavy atom. The molecule has 5 heteroatoms. The molecule has 4 nitrogen and oxygen atoms in total. The number of allylic oxidation sites excluding steroid dienone is 1. The van der Waals surface area contributed by atoms with Crippen molar-refractivity contribution in [3.05, 3.63) is 113 Å². The number of aliphatic imine (C=N–C) groups is 1. The van der Waals surface area contributed by atoms with Gasteiger partial charge in [0.25, 0.3) is 5.91 Å². The lowest BCUT2D eigenvalue weighted by atomic mass is 9.99. The number of hydrogen-bond acceptors (Lipinski definition) is 3. The fourth-order valence-corrected chi connectivity index (χ4v) is 3.67. The molecule has 0 saturated carbocycles. The minimum Gasteiger partial charge on any atom is -0.394 e. The first kappa shape index (κ1) is 20.7. The summed E-state index contributed by atoms with van der Waals surface area (Å²) in [6.07, 6.45) is 2.21. The number of benzene rings is 3. The average molecular weight is 414 g/mol. The summed E-state index contributed by atoms with van der Waals surface area (Å²) in [5, 5.41) is 12.6. The lowest BCUT2D eigenvalue weighted by Crippen LogP contribution is -2.39. The molecule has 1 aliphatic heterocycles. The van der Waals surface area contributed by atoms with Crippen LogP contribution in [-0.2, 0) is 6.42 Å². The van der Waals surface area contributed by atoms with Gasteiger partial charge in [-0.25, -0.2) is 4.39 Å². The zero-order chi connectivity index (χ0) is 21.6. The van der Waals surface area contributed by atoms with Crippen LogP contribution in [0.2, 0.25) is 0 Å². The minimum absolute atomic E-state index is 0.204. The summed E-state index contributed by atoms with van der Waals surface area (Å²) in [7, 11) is 0. The number of aliphatic hydroxyl groups excluding tert-OH is 1. The quantitative estimate of drug-likeness (QED) is 0.613. The first-order valence-electron chi connectivity index (χ1n) is 10.2. The predicted molar refractivity (Wildman–Crippen MR) is 121 cm³/mol. The second-order valence-corrected chi connectivity index (χ2v) is 7.43. The zero-order valence-electron chi connectivity index (χ0n) is 17.0. The first-order valence-corrected chi connectivity index (χ1v) is 10.2. The molecule has 0 aliphatic carbocycles. The van der Waals surface area contributed by atoms with Crippen LogP contribution in [0.25, 0.3) is 5.57 Å². The van der Waals surface area contributed by atoms with Crippen molar-refractivity contribution >= 4 is 17.2 Å². The molecule has 0 bridgehead atoms. The standard InChI is InChI=1S/C26H23FN2O2/c27-24-13-7-4-10-19(24)14-21(17-30)29-26(31)23-12-6-5-11-22(23)25-15-20(16-28-25)18-8-2-1-3-9-18/h1-13,15,21,30H,14,16-17H2,(H,29,31)/t21-/m1/s1. The lowest BCUT2D eigenvalue weighted by Gasteiger charge is -2.18. The Balaban J connectivity index is 1.53. The first-order chi connectivity index (χ1) is 15.2. The van der Waals surface area contributed by atoms with Crippen molar-refractivity contribution in [1.82, 2.24) is 5.32 Å². The average Bonchev–Trinajstić information content (AvgIpc) is 3.31. The fraction of sp³-hybridized carbons (Fsp3) is 0.154. The van der Waals surface area contributed by atoms with E-state index in [0.717, 1.165) is 22.4 Å². The van der Waals surface area contributed by atoms with Gasteiger partial charge in [-0.05, 0) is 41.3 Å².